The number of nitrogens with zero attached hydrogens (tertiary/aromatic N) is 3. The summed E-state index contributed by atoms with van der Waals surface area (Å²) in [7, 11) is 0. The third-order valence-corrected chi connectivity index (χ3v) is 5.94. The smallest absolute Gasteiger partial charge is 0.223 e. The zero-order valence-electron chi connectivity index (χ0n) is 14.8. The molecule has 3 heterocycles. The Morgan fingerprint density at radius 1 is 1.27 bits per heavy atom. The molecule has 1 aliphatic heterocycles. The van der Waals surface area contributed by atoms with E-state index in [9.17, 15) is 4.79 Å². The SMILES string of the molecule is O=C(C[C@@H]1C=CCC1)N1CCC(c2cccc(Nc3nccs3)n2)CC1. The highest BCUT2D eigenvalue weighted by Crippen LogP contribution is 2.29. The van der Waals surface area contributed by atoms with Crippen LogP contribution in [0.4, 0.5) is 10.9 Å². The third kappa shape index (κ3) is 4.12. The maximum Gasteiger partial charge on any atom is 0.223 e. The van der Waals surface area contributed by atoms with E-state index in [0.29, 0.717) is 24.2 Å². The van der Waals surface area contributed by atoms with Crippen LogP contribution >= 0.6 is 11.3 Å². The van der Waals surface area contributed by atoms with Crippen molar-refractivity contribution < 1.29 is 4.79 Å². The Morgan fingerprint density at radius 3 is 2.88 bits per heavy atom. The summed E-state index contributed by atoms with van der Waals surface area (Å²) in [4.78, 5) is 23.5. The number of piperidine rings is 1. The predicted molar refractivity (Wildman–Crippen MR) is 105 cm³/mol. The standard InChI is InChI=1S/C20H24N4OS/c25-19(14-15-4-1-2-5-15)24-11-8-16(9-12-24)17-6-3-7-18(22-17)23-20-21-10-13-26-20/h1,3-4,6-7,10,13,15-16H,2,5,8-9,11-12,14H2,(H,21,22,23)/t15-/m1/s1. The van der Waals surface area contributed by atoms with Crippen molar-refractivity contribution in [2.24, 2.45) is 5.92 Å². The highest BCUT2D eigenvalue weighted by molar-refractivity contribution is 7.13. The van der Waals surface area contributed by atoms with Crippen molar-refractivity contribution in [3.8, 4) is 0 Å². The number of aromatic nitrogens is 2. The average Bonchev–Trinajstić information content (AvgIpc) is 3.36. The lowest BCUT2D eigenvalue weighted by Gasteiger charge is -2.32. The van der Waals surface area contributed by atoms with Gasteiger partial charge in [-0.15, -0.1) is 11.3 Å². The number of anilines is 2. The van der Waals surface area contributed by atoms with Crippen LogP contribution in [-0.2, 0) is 4.79 Å². The molecule has 1 atom stereocenters. The number of nitrogens with one attached hydrogen (secondary N) is 1. The van der Waals surface area contributed by atoms with Crippen molar-refractivity contribution in [2.45, 2.75) is 38.0 Å². The van der Waals surface area contributed by atoms with Gasteiger partial charge in [0, 0.05) is 42.7 Å². The molecule has 2 aliphatic rings. The molecule has 1 amide bonds. The van der Waals surface area contributed by atoms with Crippen molar-refractivity contribution >= 4 is 28.2 Å². The number of allylic oxidation sites excluding steroid dienone is 2. The molecule has 0 aromatic carbocycles. The van der Waals surface area contributed by atoms with Crippen LogP contribution < -0.4 is 5.32 Å². The minimum atomic E-state index is 0.312. The monoisotopic (exact) mass is 368 g/mol. The molecular formula is C20H24N4OS. The van der Waals surface area contributed by atoms with E-state index >= 15 is 0 Å². The topological polar surface area (TPSA) is 58.1 Å². The zero-order valence-corrected chi connectivity index (χ0v) is 15.6. The first-order valence-electron chi connectivity index (χ1n) is 9.36. The van der Waals surface area contributed by atoms with Crippen LogP contribution in [0.1, 0.15) is 43.7 Å². The number of amides is 1. The summed E-state index contributed by atoms with van der Waals surface area (Å²) in [6.45, 7) is 1.68. The van der Waals surface area contributed by atoms with Crippen LogP contribution in [0.3, 0.4) is 0 Å². The number of pyridine rings is 1. The van der Waals surface area contributed by atoms with Crippen molar-refractivity contribution in [1.29, 1.82) is 0 Å². The van der Waals surface area contributed by atoms with E-state index in [2.05, 4.69) is 28.5 Å². The van der Waals surface area contributed by atoms with Gasteiger partial charge in [0.25, 0.3) is 0 Å². The largest absolute Gasteiger partial charge is 0.343 e. The second-order valence-electron chi connectivity index (χ2n) is 7.03. The fraction of sp³-hybridized carbons (Fsp3) is 0.450. The molecule has 2 aromatic rings. The summed E-state index contributed by atoms with van der Waals surface area (Å²) in [5.41, 5.74) is 1.11. The van der Waals surface area contributed by atoms with Gasteiger partial charge < -0.3 is 10.2 Å². The second-order valence-corrected chi connectivity index (χ2v) is 7.93. The molecule has 0 bridgehead atoms. The van der Waals surface area contributed by atoms with E-state index in [0.717, 1.165) is 55.4 Å². The first-order chi connectivity index (χ1) is 12.8. The van der Waals surface area contributed by atoms with Crippen LogP contribution in [0.15, 0.2) is 41.9 Å². The lowest BCUT2D eigenvalue weighted by Crippen LogP contribution is -2.38. The second kappa shape index (κ2) is 7.99. The summed E-state index contributed by atoms with van der Waals surface area (Å²) in [5.74, 6) is 2.02. The Morgan fingerprint density at radius 2 is 2.15 bits per heavy atom. The van der Waals surface area contributed by atoms with Gasteiger partial charge in [-0.1, -0.05) is 18.2 Å². The fourth-order valence-corrected chi connectivity index (χ4v) is 4.32. The molecule has 1 aliphatic carbocycles. The van der Waals surface area contributed by atoms with Gasteiger partial charge >= 0.3 is 0 Å². The van der Waals surface area contributed by atoms with Crippen molar-refractivity contribution in [3.05, 3.63) is 47.6 Å². The van der Waals surface area contributed by atoms with E-state index in [1.807, 2.05) is 22.4 Å². The number of carbonyl (C=O) groups is 1. The molecule has 1 N–H and O–H groups in total. The highest BCUT2D eigenvalue weighted by atomic mass is 32.1. The van der Waals surface area contributed by atoms with Crippen LogP contribution in [-0.4, -0.2) is 33.9 Å². The number of hydrogen-bond acceptors (Lipinski definition) is 5. The molecule has 1 saturated heterocycles. The van der Waals surface area contributed by atoms with Crippen LogP contribution in [0.5, 0.6) is 0 Å². The minimum absolute atomic E-state index is 0.312. The van der Waals surface area contributed by atoms with Gasteiger partial charge in [0.05, 0.1) is 0 Å². The molecule has 4 rings (SSSR count). The van der Waals surface area contributed by atoms with E-state index < -0.39 is 0 Å². The number of hydrogen-bond donors (Lipinski definition) is 1. The van der Waals surface area contributed by atoms with Gasteiger partial charge in [-0.3, -0.25) is 4.79 Å². The molecule has 0 unspecified atom stereocenters. The zero-order chi connectivity index (χ0) is 17.8. The molecule has 0 spiro atoms. The predicted octanol–water partition coefficient (Wildman–Crippen LogP) is 4.34. The summed E-state index contributed by atoms with van der Waals surface area (Å²) in [6, 6.07) is 6.11. The summed E-state index contributed by atoms with van der Waals surface area (Å²) >= 11 is 1.56. The molecule has 5 nitrogen and oxygen atoms in total. The van der Waals surface area contributed by atoms with Gasteiger partial charge in [0.1, 0.15) is 5.82 Å². The van der Waals surface area contributed by atoms with E-state index in [1.165, 1.54) is 0 Å². The van der Waals surface area contributed by atoms with Crippen LogP contribution in [0.25, 0.3) is 0 Å². The van der Waals surface area contributed by atoms with Gasteiger partial charge in [0.15, 0.2) is 5.13 Å². The molecule has 2 aromatic heterocycles. The molecule has 6 heteroatoms. The average molecular weight is 369 g/mol. The number of rotatable bonds is 5. The Kier molecular flexibility index (Phi) is 5.29. The number of likely N-dealkylation sites (tertiary alicyclic amines) is 1. The van der Waals surface area contributed by atoms with Gasteiger partial charge in [-0.2, -0.15) is 0 Å². The normalized spacial score (nSPS) is 20.5. The summed E-state index contributed by atoms with van der Waals surface area (Å²) in [6.07, 6.45) is 11.1. The maximum atomic E-state index is 12.5. The van der Waals surface area contributed by atoms with E-state index in [1.54, 1.807) is 17.5 Å². The summed E-state index contributed by atoms with van der Waals surface area (Å²) < 4.78 is 0. The maximum absolute atomic E-state index is 12.5. The van der Waals surface area contributed by atoms with Gasteiger partial charge in [-0.05, 0) is 43.7 Å². The lowest BCUT2D eigenvalue weighted by molar-refractivity contribution is -0.132. The Balaban J connectivity index is 1.32. The fourth-order valence-electron chi connectivity index (χ4n) is 3.79. The minimum Gasteiger partial charge on any atom is -0.343 e. The van der Waals surface area contributed by atoms with Gasteiger partial charge in [-0.25, -0.2) is 9.97 Å². The van der Waals surface area contributed by atoms with Crippen LogP contribution in [0.2, 0.25) is 0 Å². The van der Waals surface area contributed by atoms with E-state index in [-0.39, 0.29) is 0 Å². The Hall–Kier alpha value is -2.21. The van der Waals surface area contributed by atoms with Gasteiger partial charge in [0.2, 0.25) is 5.91 Å². The third-order valence-electron chi connectivity index (χ3n) is 5.25. The van der Waals surface area contributed by atoms with Crippen molar-refractivity contribution in [3.63, 3.8) is 0 Å². The summed E-state index contributed by atoms with van der Waals surface area (Å²) in [5, 5.41) is 6.06. The van der Waals surface area contributed by atoms with Crippen LogP contribution in [0, 0.1) is 5.92 Å². The molecule has 26 heavy (non-hydrogen) atoms. The quantitative estimate of drug-likeness (QED) is 0.798. The first kappa shape index (κ1) is 17.2. The lowest BCUT2D eigenvalue weighted by atomic mass is 9.92. The molecule has 1 fully saturated rings. The highest BCUT2D eigenvalue weighted by Gasteiger charge is 2.26. The van der Waals surface area contributed by atoms with E-state index in [4.69, 9.17) is 4.98 Å². The van der Waals surface area contributed by atoms with Crippen molar-refractivity contribution in [2.75, 3.05) is 18.4 Å². The molecular weight excluding hydrogens is 344 g/mol. The first-order valence-corrected chi connectivity index (χ1v) is 10.2. The number of carbonyl (C=O) groups excluding carboxylic acids is 1. The van der Waals surface area contributed by atoms with Crippen molar-refractivity contribution in [1.82, 2.24) is 14.9 Å². The molecule has 136 valence electrons. The Bertz CT molecular complexity index is 766. The molecule has 0 radical (unpaired) electrons. The Labute approximate surface area is 158 Å². The number of thiazole rings is 1. The molecule has 0 saturated carbocycles.